The van der Waals surface area contributed by atoms with Crippen molar-refractivity contribution in [1.29, 1.82) is 10.5 Å². The van der Waals surface area contributed by atoms with Gasteiger partial charge in [-0.1, -0.05) is 0 Å². The van der Waals surface area contributed by atoms with Gasteiger partial charge >= 0.3 is 6.09 Å². The van der Waals surface area contributed by atoms with Crippen molar-refractivity contribution in [3.05, 3.63) is 69.9 Å². The van der Waals surface area contributed by atoms with Gasteiger partial charge in [0, 0.05) is 18.7 Å². The number of fused-ring (bicyclic) bond motifs is 1. The second-order valence-corrected chi connectivity index (χ2v) is 11.1. The number of rotatable bonds is 6. The number of benzene rings is 2. The molecule has 42 heavy (non-hydrogen) atoms. The van der Waals surface area contributed by atoms with Crippen molar-refractivity contribution in [1.82, 2.24) is 20.2 Å². The minimum absolute atomic E-state index is 0.176. The van der Waals surface area contributed by atoms with Crippen molar-refractivity contribution in [2.24, 2.45) is 0 Å². The Morgan fingerprint density at radius 3 is 2.26 bits per heavy atom. The Labute approximate surface area is 245 Å². The minimum atomic E-state index is -0.813. The van der Waals surface area contributed by atoms with Crippen molar-refractivity contribution >= 4 is 23.6 Å². The molecule has 1 aliphatic heterocycles. The van der Waals surface area contributed by atoms with E-state index in [1.807, 2.05) is 13.8 Å². The standard InChI is InChI=1S/C31H33N7O4/c1-18-13-22(16-33)14-19(2)26(18)41-27-24-17-38(28(39)20(3)34-30(40)42-31(4,5)6)12-11-25(24)36-29(37-27)35-23-9-7-21(15-32)8-10-23/h7-10,13-14,20H,11-12,17H2,1-6H3,(H,34,40)(H,35,36,37)/t20-/m0/s1. The second-order valence-electron chi connectivity index (χ2n) is 11.1. The van der Waals surface area contributed by atoms with Crippen LogP contribution in [0.25, 0.3) is 0 Å². The van der Waals surface area contributed by atoms with E-state index in [0.717, 1.165) is 16.8 Å². The third-order valence-electron chi connectivity index (χ3n) is 6.50. The summed E-state index contributed by atoms with van der Waals surface area (Å²) in [6, 6.07) is 13.8. The molecule has 216 valence electrons. The zero-order valence-electron chi connectivity index (χ0n) is 24.5. The van der Waals surface area contributed by atoms with Gasteiger partial charge in [0.1, 0.15) is 17.4 Å². The number of anilines is 2. The lowest BCUT2D eigenvalue weighted by molar-refractivity contribution is -0.134. The number of carbonyl (C=O) groups is 2. The molecule has 11 heteroatoms. The number of nitrogens with zero attached hydrogens (tertiary/aromatic N) is 5. The van der Waals surface area contributed by atoms with Crippen LogP contribution in [0.1, 0.15) is 61.2 Å². The molecule has 3 aromatic rings. The van der Waals surface area contributed by atoms with Gasteiger partial charge in [0.05, 0.1) is 41.1 Å². The van der Waals surface area contributed by atoms with E-state index in [1.54, 1.807) is 69.0 Å². The summed E-state index contributed by atoms with van der Waals surface area (Å²) in [6.07, 6.45) is -0.231. The fourth-order valence-electron chi connectivity index (χ4n) is 4.56. The number of amides is 2. The van der Waals surface area contributed by atoms with Gasteiger partial charge in [-0.3, -0.25) is 4.79 Å². The first-order chi connectivity index (χ1) is 19.9. The third kappa shape index (κ3) is 7.12. The summed E-state index contributed by atoms with van der Waals surface area (Å²) in [7, 11) is 0. The van der Waals surface area contributed by atoms with Crippen LogP contribution in [0.4, 0.5) is 16.4 Å². The number of hydrogen-bond donors (Lipinski definition) is 2. The molecule has 1 aliphatic rings. The summed E-state index contributed by atoms with van der Waals surface area (Å²) >= 11 is 0. The molecule has 1 atom stereocenters. The molecule has 1 aromatic heterocycles. The average Bonchev–Trinajstić information content (AvgIpc) is 2.93. The van der Waals surface area contributed by atoms with Crippen molar-refractivity contribution in [3.8, 4) is 23.8 Å². The summed E-state index contributed by atoms with van der Waals surface area (Å²) in [6.45, 7) is 11.1. The smallest absolute Gasteiger partial charge is 0.408 e. The monoisotopic (exact) mass is 567 g/mol. The minimum Gasteiger partial charge on any atom is -0.444 e. The molecule has 0 saturated carbocycles. The molecule has 0 bridgehead atoms. The Balaban J connectivity index is 1.65. The topological polar surface area (TPSA) is 153 Å². The van der Waals surface area contributed by atoms with Crippen molar-refractivity contribution in [3.63, 3.8) is 0 Å². The Hall–Kier alpha value is -5.16. The molecule has 2 amide bonds. The maximum Gasteiger partial charge on any atom is 0.408 e. The second kappa shape index (κ2) is 12.1. The Morgan fingerprint density at radius 1 is 1.02 bits per heavy atom. The number of aromatic nitrogens is 2. The van der Waals surface area contributed by atoms with Gasteiger partial charge in [0.25, 0.3) is 0 Å². The highest BCUT2D eigenvalue weighted by molar-refractivity contribution is 5.85. The molecule has 0 spiro atoms. The lowest BCUT2D eigenvalue weighted by Crippen LogP contribution is -2.49. The quantitative estimate of drug-likeness (QED) is 0.411. The van der Waals surface area contributed by atoms with E-state index in [9.17, 15) is 14.9 Å². The number of nitrogens with one attached hydrogen (secondary N) is 2. The zero-order chi connectivity index (χ0) is 30.6. The summed E-state index contributed by atoms with van der Waals surface area (Å²) in [5.74, 6) is 0.861. The van der Waals surface area contributed by atoms with Gasteiger partial charge in [0.15, 0.2) is 0 Å². The number of alkyl carbamates (subject to hydrolysis) is 1. The SMILES string of the molecule is Cc1cc(C#N)cc(C)c1Oc1nc(Nc2ccc(C#N)cc2)nc2c1CN(C(=O)[C@H](C)NC(=O)OC(C)(C)C)CC2. The predicted octanol–water partition coefficient (Wildman–Crippen LogP) is 5.17. The van der Waals surface area contributed by atoms with Crippen LogP contribution >= 0.6 is 0 Å². The lowest BCUT2D eigenvalue weighted by atomic mass is 10.0. The van der Waals surface area contributed by atoms with Crippen LogP contribution in [0.5, 0.6) is 11.6 Å². The molecule has 0 unspecified atom stereocenters. The zero-order valence-corrected chi connectivity index (χ0v) is 24.5. The van der Waals surface area contributed by atoms with Gasteiger partial charge in [0.2, 0.25) is 17.7 Å². The van der Waals surface area contributed by atoms with Crippen molar-refractivity contribution in [2.75, 3.05) is 11.9 Å². The molecule has 0 saturated heterocycles. The van der Waals surface area contributed by atoms with Gasteiger partial charge in [-0.05, 0) is 89.1 Å². The van der Waals surface area contributed by atoms with E-state index in [4.69, 9.17) is 19.7 Å². The molecule has 0 aliphatic carbocycles. The van der Waals surface area contributed by atoms with Crippen LogP contribution in [0, 0.1) is 36.5 Å². The van der Waals surface area contributed by atoms with Gasteiger partial charge < -0.3 is 25.0 Å². The van der Waals surface area contributed by atoms with E-state index < -0.39 is 17.7 Å². The van der Waals surface area contributed by atoms with Crippen LogP contribution in [-0.2, 0) is 22.5 Å². The maximum absolute atomic E-state index is 13.3. The highest BCUT2D eigenvalue weighted by atomic mass is 16.6. The first-order valence-corrected chi connectivity index (χ1v) is 13.5. The molecule has 2 heterocycles. The van der Waals surface area contributed by atoms with Crippen molar-refractivity contribution in [2.45, 2.75) is 66.2 Å². The Morgan fingerprint density at radius 2 is 1.67 bits per heavy atom. The fraction of sp³-hybridized carbons (Fsp3) is 0.355. The number of ether oxygens (including phenoxy) is 2. The van der Waals surface area contributed by atoms with E-state index in [-0.39, 0.29) is 18.3 Å². The van der Waals surface area contributed by atoms with Gasteiger partial charge in [-0.25, -0.2) is 9.78 Å². The van der Waals surface area contributed by atoms with Crippen LogP contribution < -0.4 is 15.4 Å². The number of nitriles is 2. The molecule has 2 N–H and O–H groups in total. The summed E-state index contributed by atoms with van der Waals surface area (Å²) in [5.41, 5.74) is 3.95. The normalized spacial score (nSPS) is 13.2. The van der Waals surface area contributed by atoms with Gasteiger partial charge in [-0.2, -0.15) is 15.5 Å². The van der Waals surface area contributed by atoms with E-state index in [0.29, 0.717) is 47.0 Å². The third-order valence-corrected chi connectivity index (χ3v) is 6.50. The number of carbonyl (C=O) groups excluding carboxylic acids is 2. The fourth-order valence-corrected chi connectivity index (χ4v) is 4.56. The van der Waals surface area contributed by atoms with Crippen LogP contribution in [-0.4, -0.2) is 45.1 Å². The average molecular weight is 568 g/mol. The molecule has 0 fully saturated rings. The summed E-state index contributed by atoms with van der Waals surface area (Å²) in [4.78, 5) is 36.6. The van der Waals surface area contributed by atoms with Crippen molar-refractivity contribution < 1.29 is 19.1 Å². The predicted molar refractivity (Wildman–Crippen MR) is 155 cm³/mol. The van der Waals surface area contributed by atoms with E-state index >= 15 is 0 Å². The van der Waals surface area contributed by atoms with Gasteiger partial charge in [-0.15, -0.1) is 0 Å². The Kier molecular flexibility index (Phi) is 8.62. The number of hydrogen-bond acceptors (Lipinski definition) is 9. The molecular weight excluding hydrogens is 534 g/mol. The van der Waals surface area contributed by atoms with E-state index in [1.165, 1.54) is 0 Å². The molecule has 11 nitrogen and oxygen atoms in total. The van der Waals surface area contributed by atoms with E-state index in [2.05, 4.69) is 27.8 Å². The Bertz CT molecular complexity index is 1570. The molecule has 0 radical (unpaired) electrons. The first-order valence-electron chi connectivity index (χ1n) is 13.5. The molecular formula is C31H33N7O4. The molecule has 4 rings (SSSR count). The first kappa shape index (κ1) is 29.8. The summed E-state index contributed by atoms with van der Waals surface area (Å²) < 4.78 is 11.7. The van der Waals surface area contributed by atoms with Crippen LogP contribution in [0.3, 0.4) is 0 Å². The maximum atomic E-state index is 13.3. The molecule has 2 aromatic carbocycles. The number of aryl methyl sites for hydroxylation is 2. The van der Waals surface area contributed by atoms with Crippen LogP contribution in [0.15, 0.2) is 36.4 Å². The largest absolute Gasteiger partial charge is 0.444 e. The highest BCUT2D eigenvalue weighted by Crippen LogP contribution is 2.35. The lowest BCUT2D eigenvalue weighted by Gasteiger charge is -2.31. The highest BCUT2D eigenvalue weighted by Gasteiger charge is 2.31. The summed E-state index contributed by atoms with van der Waals surface area (Å²) in [5, 5.41) is 24.3. The van der Waals surface area contributed by atoms with Crippen LogP contribution in [0.2, 0.25) is 0 Å².